The fourth-order valence-electron chi connectivity index (χ4n) is 2.88. The number of rotatable bonds is 7. The molecule has 0 aliphatic heterocycles. The molecule has 1 atom stereocenters. The molecule has 0 radical (unpaired) electrons. The first-order chi connectivity index (χ1) is 14.9. The molecule has 0 fully saturated rings. The minimum absolute atomic E-state index is 0.210. The third-order valence-corrected chi connectivity index (χ3v) is 7.88. The fourth-order valence-corrected chi connectivity index (χ4v) is 5.60. The molecule has 32 heavy (non-hydrogen) atoms. The lowest BCUT2D eigenvalue weighted by Gasteiger charge is -2.21. The molecule has 0 bridgehead atoms. The molecule has 1 N–H and O–H groups in total. The average molecular weight is 519 g/mol. The van der Waals surface area contributed by atoms with Crippen molar-refractivity contribution in [1.29, 1.82) is 0 Å². The molecule has 6 nitrogen and oxygen atoms in total. The predicted octanol–water partition coefficient (Wildman–Crippen LogP) is 5.12. The van der Waals surface area contributed by atoms with E-state index in [1.807, 2.05) is 0 Å². The number of sulfone groups is 1. The Morgan fingerprint density at radius 3 is 2.25 bits per heavy atom. The first-order valence-corrected chi connectivity index (χ1v) is 12.5. The summed E-state index contributed by atoms with van der Waals surface area (Å²) in [7, 11) is -8.42. The molecule has 12 heteroatoms. The van der Waals surface area contributed by atoms with Crippen LogP contribution in [0.2, 0.25) is 10.0 Å². The van der Waals surface area contributed by atoms with Gasteiger partial charge in [0.15, 0.2) is 9.84 Å². The lowest BCUT2D eigenvalue weighted by molar-refractivity contribution is 0.569. The van der Waals surface area contributed by atoms with Crippen molar-refractivity contribution in [1.82, 2.24) is 4.98 Å². The summed E-state index contributed by atoms with van der Waals surface area (Å²) in [5.74, 6) is -2.18. The monoisotopic (exact) mass is 518 g/mol. The Balaban J connectivity index is 2.30. The highest BCUT2D eigenvalue weighted by molar-refractivity contribution is 7.95. The number of nitrogens with zero attached hydrogens (tertiary/aromatic N) is 1. The lowest BCUT2D eigenvalue weighted by Crippen LogP contribution is -2.18. The van der Waals surface area contributed by atoms with E-state index in [4.69, 9.17) is 23.2 Å². The van der Waals surface area contributed by atoms with Crippen LogP contribution in [0.4, 0.5) is 14.6 Å². The zero-order valence-corrected chi connectivity index (χ0v) is 19.1. The second kappa shape index (κ2) is 9.14. The maximum absolute atomic E-state index is 14.7. The van der Waals surface area contributed by atoms with E-state index < -0.39 is 42.3 Å². The van der Waals surface area contributed by atoms with E-state index in [0.29, 0.717) is 5.41 Å². The molecule has 1 heterocycles. The fraction of sp³-hybridized carbons (Fsp3) is 0.0500. The van der Waals surface area contributed by atoms with E-state index in [2.05, 4.69) is 16.3 Å². The Kier molecular flexibility index (Phi) is 6.89. The zero-order chi connectivity index (χ0) is 23.7. The number of benzene rings is 2. The van der Waals surface area contributed by atoms with E-state index in [0.717, 1.165) is 30.5 Å². The van der Waals surface area contributed by atoms with Gasteiger partial charge in [0.2, 0.25) is 0 Å². The summed E-state index contributed by atoms with van der Waals surface area (Å²) >= 11 is 12.0. The van der Waals surface area contributed by atoms with Crippen molar-refractivity contribution in [2.24, 2.45) is 0 Å². The van der Waals surface area contributed by atoms with E-state index >= 15 is 0 Å². The Bertz CT molecular complexity index is 1400. The van der Waals surface area contributed by atoms with Crippen molar-refractivity contribution in [2.75, 3.05) is 4.72 Å². The highest BCUT2D eigenvalue weighted by Crippen LogP contribution is 2.40. The molecular weight excluding hydrogens is 505 g/mol. The van der Waals surface area contributed by atoms with Crippen molar-refractivity contribution in [3.05, 3.63) is 99.5 Å². The number of sulfonamides is 1. The van der Waals surface area contributed by atoms with Crippen molar-refractivity contribution in [2.45, 2.75) is 10.1 Å². The SMILES string of the molecule is C=CS(=O)(=O)Nc1cc(C(c2cc(F)ccc2F)S(=O)(=O)c2ccc(Cl)cc2)c(Cl)cn1. The lowest BCUT2D eigenvalue weighted by atomic mass is 10.0. The average Bonchev–Trinajstić information content (AvgIpc) is 2.73. The maximum Gasteiger partial charge on any atom is 0.255 e. The van der Waals surface area contributed by atoms with E-state index in [1.165, 1.54) is 24.3 Å². The van der Waals surface area contributed by atoms with E-state index in [-0.39, 0.29) is 26.3 Å². The Morgan fingerprint density at radius 2 is 1.62 bits per heavy atom. The second-order valence-corrected chi connectivity index (χ2v) is 11.0. The third kappa shape index (κ3) is 5.09. The van der Waals surface area contributed by atoms with Crippen molar-refractivity contribution in [3.63, 3.8) is 0 Å². The Morgan fingerprint density at radius 1 is 0.969 bits per heavy atom. The van der Waals surface area contributed by atoms with Gasteiger partial charge in [0.25, 0.3) is 10.0 Å². The normalized spacial score (nSPS) is 12.9. The van der Waals surface area contributed by atoms with Gasteiger partial charge in [-0.25, -0.2) is 30.6 Å². The van der Waals surface area contributed by atoms with Crippen LogP contribution in [-0.4, -0.2) is 21.8 Å². The van der Waals surface area contributed by atoms with Crippen LogP contribution in [-0.2, 0) is 19.9 Å². The molecule has 0 aliphatic carbocycles. The van der Waals surface area contributed by atoms with Gasteiger partial charge in [-0.3, -0.25) is 4.72 Å². The number of aromatic nitrogens is 1. The minimum atomic E-state index is -4.43. The smallest absolute Gasteiger partial charge is 0.255 e. The summed E-state index contributed by atoms with van der Waals surface area (Å²) in [6.07, 6.45) is 0.999. The molecule has 0 saturated carbocycles. The van der Waals surface area contributed by atoms with Gasteiger partial charge in [0.1, 0.15) is 22.7 Å². The van der Waals surface area contributed by atoms with Crippen LogP contribution in [0, 0.1) is 11.6 Å². The van der Waals surface area contributed by atoms with Gasteiger partial charge >= 0.3 is 0 Å². The van der Waals surface area contributed by atoms with Crippen molar-refractivity contribution < 1.29 is 25.6 Å². The van der Waals surface area contributed by atoms with Gasteiger partial charge in [-0.2, -0.15) is 0 Å². The standard InChI is InChI=1S/C20H14Cl2F2N2O4S2/c1-2-31(27,28)26-19-10-15(17(22)11-25-19)20(16-9-13(23)5-8-18(16)24)32(29,30)14-6-3-12(21)4-7-14/h2-11,20H,1H2,(H,25,26). The second-order valence-electron chi connectivity index (χ2n) is 6.45. The maximum atomic E-state index is 14.7. The number of hydrogen-bond donors (Lipinski definition) is 1. The van der Waals surface area contributed by atoms with Gasteiger partial charge in [-0.05, 0) is 54.1 Å². The molecule has 0 amide bonds. The van der Waals surface area contributed by atoms with Crippen molar-refractivity contribution >= 4 is 48.9 Å². The molecule has 0 saturated heterocycles. The molecule has 168 valence electrons. The first kappa shape index (κ1) is 24.1. The zero-order valence-electron chi connectivity index (χ0n) is 16.0. The van der Waals surface area contributed by atoms with Crippen molar-refractivity contribution in [3.8, 4) is 0 Å². The summed E-state index contributed by atoms with van der Waals surface area (Å²) < 4.78 is 81.5. The predicted molar refractivity (Wildman–Crippen MR) is 119 cm³/mol. The van der Waals surface area contributed by atoms with Crippen LogP contribution in [0.15, 0.2) is 71.6 Å². The Hall–Kier alpha value is -2.53. The molecule has 2 aromatic carbocycles. The van der Waals surface area contributed by atoms with Crippen LogP contribution in [0.25, 0.3) is 0 Å². The van der Waals surface area contributed by atoms with Gasteiger partial charge in [0.05, 0.1) is 9.92 Å². The molecule has 1 unspecified atom stereocenters. The number of nitrogens with one attached hydrogen (secondary N) is 1. The summed E-state index contributed by atoms with van der Waals surface area (Å²) in [5, 5.41) is -1.16. The summed E-state index contributed by atoms with van der Waals surface area (Å²) in [4.78, 5) is 3.57. The van der Waals surface area contributed by atoms with Gasteiger partial charge in [-0.1, -0.05) is 29.8 Å². The van der Waals surface area contributed by atoms with Crippen LogP contribution < -0.4 is 4.72 Å². The highest BCUT2D eigenvalue weighted by atomic mass is 35.5. The minimum Gasteiger partial charge on any atom is -0.264 e. The molecule has 3 rings (SSSR count). The molecule has 1 aromatic heterocycles. The summed E-state index contributed by atoms with van der Waals surface area (Å²) in [6.45, 7) is 3.16. The topological polar surface area (TPSA) is 93.2 Å². The third-order valence-electron chi connectivity index (χ3n) is 4.33. The highest BCUT2D eigenvalue weighted by Gasteiger charge is 2.35. The Labute approximate surface area is 193 Å². The summed E-state index contributed by atoms with van der Waals surface area (Å²) in [5.41, 5.74) is -0.742. The van der Waals surface area contributed by atoms with Crippen LogP contribution >= 0.6 is 23.2 Å². The molecular formula is C20H14Cl2F2N2O4S2. The first-order valence-electron chi connectivity index (χ1n) is 8.70. The van der Waals surface area contributed by atoms with Crippen LogP contribution in [0.1, 0.15) is 16.4 Å². The van der Waals surface area contributed by atoms with Crippen LogP contribution in [0.5, 0.6) is 0 Å². The van der Waals surface area contributed by atoms with E-state index in [9.17, 15) is 25.6 Å². The quantitative estimate of drug-likeness (QED) is 0.468. The van der Waals surface area contributed by atoms with Gasteiger partial charge < -0.3 is 0 Å². The molecule has 0 spiro atoms. The number of hydrogen-bond acceptors (Lipinski definition) is 5. The number of pyridine rings is 1. The van der Waals surface area contributed by atoms with Crippen LogP contribution in [0.3, 0.4) is 0 Å². The van der Waals surface area contributed by atoms with Gasteiger partial charge in [0, 0.05) is 22.2 Å². The molecule has 0 aliphatic rings. The van der Waals surface area contributed by atoms with E-state index in [1.54, 1.807) is 0 Å². The summed E-state index contributed by atoms with van der Waals surface area (Å²) in [6, 6.07) is 8.45. The molecule has 3 aromatic rings. The van der Waals surface area contributed by atoms with Gasteiger partial charge in [-0.15, -0.1) is 0 Å². The largest absolute Gasteiger partial charge is 0.264 e. The number of anilines is 1. The number of halogens is 4.